The van der Waals surface area contributed by atoms with Crippen LogP contribution in [-0.4, -0.2) is 20.5 Å². The molecule has 2 aromatic rings. The first kappa shape index (κ1) is 9.67. The highest BCUT2D eigenvalue weighted by molar-refractivity contribution is 9.10. The van der Waals surface area contributed by atoms with E-state index < -0.39 is 5.97 Å². The van der Waals surface area contributed by atoms with E-state index in [1.807, 2.05) is 6.07 Å². The second-order valence-corrected chi connectivity index (χ2v) is 4.30. The number of nitrogens with zero attached hydrogens (tertiary/aromatic N) is 2. The van der Waals surface area contributed by atoms with E-state index in [1.54, 1.807) is 12.3 Å². The van der Waals surface area contributed by atoms with Crippen LogP contribution in [0.5, 0.6) is 0 Å². The van der Waals surface area contributed by atoms with Gasteiger partial charge in [0, 0.05) is 10.7 Å². The molecule has 0 radical (unpaired) electrons. The summed E-state index contributed by atoms with van der Waals surface area (Å²) < 4.78 is 2.84. The van der Waals surface area contributed by atoms with Crippen LogP contribution in [0.1, 0.15) is 10.6 Å². The van der Waals surface area contributed by atoms with Crippen molar-refractivity contribution in [2.45, 2.75) is 0 Å². The molecule has 6 heteroatoms. The summed E-state index contributed by atoms with van der Waals surface area (Å²) in [6.45, 7) is 0. The van der Waals surface area contributed by atoms with Crippen molar-refractivity contribution in [3.05, 3.63) is 33.2 Å². The second-order valence-electron chi connectivity index (χ2n) is 2.63. The Kier molecular flexibility index (Phi) is 2.32. The molecule has 0 bridgehead atoms. The largest absolute Gasteiger partial charge is 0.475 e. The Morgan fingerprint density at radius 2 is 2.14 bits per heavy atom. The van der Waals surface area contributed by atoms with E-state index in [9.17, 15) is 4.79 Å². The number of aromatic carboxylic acids is 1. The number of halogens is 2. The van der Waals surface area contributed by atoms with E-state index in [0.717, 1.165) is 9.99 Å². The summed E-state index contributed by atoms with van der Waals surface area (Å²) in [5, 5.41) is 8.87. The predicted molar refractivity (Wildman–Crippen MR) is 57.6 cm³/mol. The van der Waals surface area contributed by atoms with Gasteiger partial charge in [-0.2, -0.15) is 0 Å². The van der Waals surface area contributed by atoms with E-state index in [-0.39, 0.29) is 5.82 Å². The average molecular weight is 320 g/mol. The first-order valence-corrected chi connectivity index (χ1v) is 5.24. The Labute approximate surface area is 95.8 Å². The van der Waals surface area contributed by atoms with E-state index in [2.05, 4.69) is 36.8 Å². The molecule has 1 N–H and O–H groups in total. The monoisotopic (exact) mass is 318 g/mol. The molecule has 2 heterocycles. The van der Waals surface area contributed by atoms with Gasteiger partial charge in [-0.1, -0.05) is 0 Å². The predicted octanol–water partition coefficient (Wildman–Crippen LogP) is 2.56. The molecule has 0 unspecified atom stereocenters. The van der Waals surface area contributed by atoms with Crippen LogP contribution in [0.3, 0.4) is 0 Å². The Morgan fingerprint density at radius 1 is 1.43 bits per heavy atom. The van der Waals surface area contributed by atoms with E-state index >= 15 is 0 Å². The number of carbonyl (C=O) groups is 1. The van der Waals surface area contributed by atoms with Crippen molar-refractivity contribution in [1.82, 2.24) is 9.38 Å². The van der Waals surface area contributed by atoms with Crippen LogP contribution in [0, 0.1) is 0 Å². The molecule has 0 fully saturated rings. The Morgan fingerprint density at radius 3 is 2.79 bits per heavy atom. The van der Waals surface area contributed by atoms with E-state index in [4.69, 9.17) is 5.11 Å². The number of imidazole rings is 1. The van der Waals surface area contributed by atoms with E-state index in [1.165, 1.54) is 4.40 Å². The number of hydrogen-bond donors (Lipinski definition) is 1. The van der Waals surface area contributed by atoms with Gasteiger partial charge >= 0.3 is 5.97 Å². The first-order valence-electron chi connectivity index (χ1n) is 3.66. The van der Waals surface area contributed by atoms with Crippen molar-refractivity contribution in [3.63, 3.8) is 0 Å². The van der Waals surface area contributed by atoms with Crippen molar-refractivity contribution >= 4 is 43.3 Å². The number of carboxylic acids is 1. The third kappa shape index (κ3) is 1.44. The number of carboxylic acid groups (broad SMARTS) is 1. The summed E-state index contributed by atoms with van der Waals surface area (Å²) in [7, 11) is 0. The lowest BCUT2D eigenvalue weighted by molar-refractivity contribution is 0.0682. The van der Waals surface area contributed by atoms with Crippen LogP contribution >= 0.6 is 31.9 Å². The molecule has 0 aliphatic carbocycles. The maximum absolute atomic E-state index is 10.8. The normalized spacial score (nSPS) is 10.7. The van der Waals surface area contributed by atoms with Crippen molar-refractivity contribution in [1.29, 1.82) is 0 Å². The molecule has 0 aliphatic rings. The maximum atomic E-state index is 10.8. The maximum Gasteiger partial charge on any atom is 0.372 e. The van der Waals surface area contributed by atoms with E-state index in [0.29, 0.717) is 4.60 Å². The van der Waals surface area contributed by atoms with Gasteiger partial charge in [-0.3, -0.25) is 4.40 Å². The zero-order valence-corrected chi connectivity index (χ0v) is 9.91. The molecule has 0 aliphatic heterocycles. The molecular weight excluding hydrogens is 316 g/mol. The molecular formula is C8H4Br2N2O2. The van der Waals surface area contributed by atoms with Gasteiger partial charge in [-0.25, -0.2) is 9.78 Å². The first-order chi connectivity index (χ1) is 6.59. The number of rotatable bonds is 1. The van der Waals surface area contributed by atoms with Gasteiger partial charge < -0.3 is 5.11 Å². The number of aromatic nitrogens is 2. The SMILES string of the molecule is O=C(O)c1nc(Br)c2ccc(Br)cn12. The second kappa shape index (κ2) is 3.36. The van der Waals surface area contributed by atoms with Crippen LogP contribution < -0.4 is 0 Å². The molecule has 0 spiro atoms. The van der Waals surface area contributed by atoms with Crippen LogP contribution in [0.25, 0.3) is 5.52 Å². The van der Waals surface area contributed by atoms with Crippen LogP contribution in [0.15, 0.2) is 27.4 Å². The smallest absolute Gasteiger partial charge is 0.372 e. The average Bonchev–Trinajstić information content (AvgIpc) is 2.43. The van der Waals surface area contributed by atoms with Gasteiger partial charge in [-0.05, 0) is 44.0 Å². The number of fused-ring (bicyclic) bond motifs is 1. The van der Waals surface area contributed by atoms with Gasteiger partial charge in [0.1, 0.15) is 4.60 Å². The van der Waals surface area contributed by atoms with Crippen LogP contribution in [0.2, 0.25) is 0 Å². The summed E-state index contributed by atoms with van der Waals surface area (Å²) in [5.74, 6) is -1.06. The minimum atomic E-state index is -1.05. The summed E-state index contributed by atoms with van der Waals surface area (Å²) in [6, 6.07) is 3.61. The fourth-order valence-corrected chi connectivity index (χ4v) is 2.00. The summed E-state index contributed by atoms with van der Waals surface area (Å²) in [6.07, 6.45) is 1.66. The molecule has 2 aromatic heterocycles. The van der Waals surface area contributed by atoms with Gasteiger partial charge in [0.15, 0.2) is 0 Å². The highest BCUT2D eigenvalue weighted by atomic mass is 79.9. The van der Waals surface area contributed by atoms with Gasteiger partial charge in [0.05, 0.1) is 5.52 Å². The van der Waals surface area contributed by atoms with Crippen molar-refractivity contribution in [3.8, 4) is 0 Å². The zero-order chi connectivity index (χ0) is 10.3. The van der Waals surface area contributed by atoms with Crippen LogP contribution in [0.4, 0.5) is 0 Å². The molecule has 2 rings (SSSR count). The lowest BCUT2D eigenvalue weighted by Gasteiger charge is -1.96. The highest BCUT2D eigenvalue weighted by Gasteiger charge is 2.14. The fourth-order valence-electron chi connectivity index (χ4n) is 1.17. The Bertz CT molecular complexity index is 521. The minimum absolute atomic E-state index is 0.00632. The van der Waals surface area contributed by atoms with Crippen molar-refractivity contribution in [2.24, 2.45) is 0 Å². The van der Waals surface area contributed by atoms with Crippen molar-refractivity contribution in [2.75, 3.05) is 0 Å². The lowest BCUT2D eigenvalue weighted by atomic mass is 10.4. The Hall–Kier alpha value is -0.880. The quantitative estimate of drug-likeness (QED) is 0.879. The zero-order valence-electron chi connectivity index (χ0n) is 6.74. The van der Waals surface area contributed by atoms with Gasteiger partial charge in [0.2, 0.25) is 5.82 Å². The topological polar surface area (TPSA) is 54.6 Å². The minimum Gasteiger partial charge on any atom is -0.475 e. The molecule has 14 heavy (non-hydrogen) atoms. The lowest BCUT2D eigenvalue weighted by Crippen LogP contribution is -2.03. The van der Waals surface area contributed by atoms with Gasteiger partial charge in [-0.15, -0.1) is 0 Å². The molecule has 72 valence electrons. The molecule has 4 nitrogen and oxygen atoms in total. The third-order valence-electron chi connectivity index (χ3n) is 1.75. The molecule has 0 saturated carbocycles. The molecule has 0 aromatic carbocycles. The van der Waals surface area contributed by atoms with Crippen LogP contribution in [-0.2, 0) is 0 Å². The summed E-state index contributed by atoms with van der Waals surface area (Å²) in [5.41, 5.74) is 0.727. The molecule has 0 amide bonds. The third-order valence-corrected chi connectivity index (χ3v) is 2.80. The van der Waals surface area contributed by atoms with Gasteiger partial charge in [0.25, 0.3) is 0 Å². The molecule has 0 atom stereocenters. The summed E-state index contributed by atoms with van der Waals surface area (Å²) >= 11 is 6.47. The fraction of sp³-hybridized carbons (Fsp3) is 0. The molecule has 0 saturated heterocycles. The Balaban J connectivity index is 2.85. The highest BCUT2D eigenvalue weighted by Crippen LogP contribution is 2.21. The summed E-state index contributed by atoms with van der Waals surface area (Å²) in [4.78, 5) is 14.7. The van der Waals surface area contributed by atoms with Crippen molar-refractivity contribution < 1.29 is 9.90 Å². The number of hydrogen-bond acceptors (Lipinski definition) is 2. The standard InChI is InChI=1S/C8H4Br2N2O2/c9-4-1-2-5-6(10)11-7(8(13)14)12(5)3-4/h1-3H,(H,13,14). The number of pyridine rings is 1.